The summed E-state index contributed by atoms with van der Waals surface area (Å²) in [4.78, 5) is 19.3. The third-order valence-corrected chi connectivity index (χ3v) is 6.50. The van der Waals surface area contributed by atoms with Gasteiger partial charge in [0.1, 0.15) is 16.9 Å². The van der Waals surface area contributed by atoms with Gasteiger partial charge in [0.05, 0.1) is 16.1 Å². The summed E-state index contributed by atoms with van der Waals surface area (Å²) < 4.78 is 2.58. The van der Waals surface area contributed by atoms with E-state index in [1.54, 1.807) is 23.5 Å². The molecule has 2 heterocycles. The molecular weight excluding hydrogens is 470 g/mol. The number of benzene rings is 1. The van der Waals surface area contributed by atoms with E-state index < -0.39 is 0 Å². The Morgan fingerprint density at radius 3 is 2.92 bits per heavy atom. The molecule has 0 amide bonds. The van der Waals surface area contributed by atoms with Crippen LogP contribution in [0, 0.1) is 0 Å². The highest BCUT2D eigenvalue weighted by Crippen LogP contribution is 2.33. The van der Waals surface area contributed by atoms with Crippen LogP contribution in [0.25, 0.3) is 10.2 Å². The van der Waals surface area contributed by atoms with Crippen LogP contribution in [0.1, 0.15) is 28.8 Å². The molecule has 1 aliphatic carbocycles. The van der Waals surface area contributed by atoms with Gasteiger partial charge >= 0.3 is 0 Å². The van der Waals surface area contributed by atoms with Gasteiger partial charge in [-0.1, -0.05) is 15.9 Å². The molecule has 0 saturated carbocycles. The lowest BCUT2D eigenvalue weighted by Crippen LogP contribution is -2.18. The Morgan fingerprint density at radius 1 is 1.28 bits per heavy atom. The second-order valence-corrected chi connectivity index (χ2v) is 8.71. The highest BCUT2D eigenvalue weighted by Gasteiger charge is 2.19. The number of hydrogen-bond acceptors (Lipinski definition) is 5. The molecule has 4 rings (SSSR count). The standard InChI is InChI=1S/C17H13Br2N3O2S/c18-10-5-9(15(23)12(19)6-10)7-21-22-8-20-16-14(17(22)24)11-3-1-2-4-13(11)25-16/h5-8,23H,1-4H2. The molecule has 25 heavy (non-hydrogen) atoms. The first-order chi connectivity index (χ1) is 12.0. The van der Waals surface area contributed by atoms with Gasteiger partial charge in [-0.3, -0.25) is 4.79 Å². The van der Waals surface area contributed by atoms with Crippen LogP contribution < -0.4 is 5.56 Å². The van der Waals surface area contributed by atoms with Crippen LogP contribution in [0.15, 0.2) is 37.3 Å². The molecule has 0 saturated heterocycles. The van der Waals surface area contributed by atoms with Crippen molar-refractivity contribution < 1.29 is 5.11 Å². The minimum Gasteiger partial charge on any atom is -0.506 e. The lowest BCUT2D eigenvalue weighted by Gasteiger charge is -2.09. The molecule has 0 bridgehead atoms. The first kappa shape index (κ1) is 16.9. The van der Waals surface area contributed by atoms with E-state index in [4.69, 9.17) is 0 Å². The minimum atomic E-state index is -0.158. The van der Waals surface area contributed by atoms with Gasteiger partial charge in [-0.2, -0.15) is 9.78 Å². The number of thiophene rings is 1. The van der Waals surface area contributed by atoms with Crippen LogP contribution in [0.5, 0.6) is 5.75 Å². The minimum absolute atomic E-state index is 0.0712. The molecular formula is C17H13Br2N3O2S. The summed E-state index contributed by atoms with van der Waals surface area (Å²) in [5.74, 6) is 0.0712. The maximum absolute atomic E-state index is 12.8. The van der Waals surface area contributed by atoms with Crippen molar-refractivity contribution >= 4 is 59.6 Å². The van der Waals surface area contributed by atoms with Crippen molar-refractivity contribution in [1.29, 1.82) is 0 Å². The average molecular weight is 483 g/mol. The molecule has 5 nitrogen and oxygen atoms in total. The monoisotopic (exact) mass is 481 g/mol. The normalized spacial score (nSPS) is 14.3. The molecule has 8 heteroatoms. The number of aromatic hydroxyl groups is 1. The first-order valence-electron chi connectivity index (χ1n) is 7.79. The lowest BCUT2D eigenvalue weighted by atomic mass is 9.97. The molecule has 1 aliphatic rings. The van der Waals surface area contributed by atoms with Crippen molar-refractivity contribution in [2.75, 3.05) is 0 Å². The van der Waals surface area contributed by atoms with Crippen LogP contribution in [0.2, 0.25) is 0 Å². The van der Waals surface area contributed by atoms with Gasteiger partial charge in [0.2, 0.25) is 0 Å². The van der Waals surface area contributed by atoms with E-state index in [-0.39, 0.29) is 11.3 Å². The molecule has 1 aromatic carbocycles. The molecule has 0 atom stereocenters. The zero-order valence-corrected chi connectivity index (χ0v) is 17.0. The Morgan fingerprint density at radius 2 is 2.08 bits per heavy atom. The van der Waals surface area contributed by atoms with E-state index in [2.05, 4.69) is 41.9 Å². The van der Waals surface area contributed by atoms with Crippen molar-refractivity contribution in [1.82, 2.24) is 9.66 Å². The van der Waals surface area contributed by atoms with Crippen LogP contribution in [0.4, 0.5) is 0 Å². The Hall–Kier alpha value is -1.51. The number of phenolic OH excluding ortho intramolecular Hbond substituents is 1. The van der Waals surface area contributed by atoms with Crippen LogP contribution in [-0.2, 0) is 12.8 Å². The Balaban J connectivity index is 1.80. The van der Waals surface area contributed by atoms with E-state index in [1.165, 1.54) is 28.5 Å². The fraction of sp³-hybridized carbons (Fsp3) is 0.235. The Labute approximate surface area is 164 Å². The van der Waals surface area contributed by atoms with Crippen LogP contribution in [0.3, 0.4) is 0 Å². The van der Waals surface area contributed by atoms with E-state index in [1.807, 2.05) is 0 Å². The topological polar surface area (TPSA) is 67.5 Å². The van der Waals surface area contributed by atoms with Crippen molar-refractivity contribution in [3.05, 3.63) is 53.8 Å². The Kier molecular flexibility index (Phi) is 4.51. The van der Waals surface area contributed by atoms with Crippen LogP contribution >= 0.6 is 43.2 Å². The summed E-state index contributed by atoms with van der Waals surface area (Å²) in [6.07, 6.45) is 7.13. The quantitative estimate of drug-likeness (QED) is 0.548. The smallest absolute Gasteiger partial charge is 0.282 e. The third-order valence-electron chi connectivity index (χ3n) is 4.24. The number of aromatic nitrogens is 2. The summed E-state index contributed by atoms with van der Waals surface area (Å²) in [5, 5.41) is 15.0. The van der Waals surface area contributed by atoms with E-state index in [0.29, 0.717) is 15.4 Å². The number of aryl methyl sites for hydroxylation is 2. The molecule has 3 aromatic rings. The maximum Gasteiger partial charge on any atom is 0.282 e. The number of hydrogen-bond donors (Lipinski definition) is 1. The van der Waals surface area contributed by atoms with E-state index >= 15 is 0 Å². The molecule has 1 N–H and O–H groups in total. The Bertz CT molecular complexity index is 1070. The third kappa shape index (κ3) is 3.07. The van der Waals surface area contributed by atoms with Gasteiger partial charge < -0.3 is 5.11 Å². The van der Waals surface area contributed by atoms with Gasteiger partial charge in [-0.15, -0.1) is 11.3 Å². The van der Waals surface area contributed by atoms with Crippen molar-refractivity contribution in [2.45, 2.75) is 25.7 Å². The summed E-state index contributed by atoms with van der Waals surface area (Å²) in [5.41, 5.74) is 1.48. The predicted molar refractivity (Wildman–Crippen MR) is 107 cm³/mol. The lowest BCUT2D eigenvalue weighted by molar-refractivity contribution is 0.471. The number of phenols is 1. The fourth-order valence-corrected chi connectivity index (χ4v) is 5.51. The zero-order valence-electron chi connectivity index (χ0n) is 13.0. The second-order valence-electron chi connectivity index (χ2n) is 5.86. The van der Waals surface area contributed by atoms with Gasteiger partial charge in [0.15, 0.2) is 0 Å². The summed E-state index contributed by atoms with van der Waals surface area (Å²) in [6.45, 7) is 0. The number of fused-ring (bicyclic) bond motifs is 3. The van der Waals surface area contributed by atoms with Crippen molar-refractivity contribution in [3.63, 3.8) is 0 Å². The number of rotatable bonds is 2. The number of nitrogens with zero attached hydrogens (tertiary/aromatic N) is 3. The average Bonchev–Trinajstić information content (AvgIpc) is 2.97. The second kappa shape index (κ2) is 6.66. The maximum atomic E-state index is 12.8. The molecule has 0 spiro atoms. The van der Waals surface area contributed by atoms with Gasteiger partial charge in [0, 0.05) is 14.9 Å². The number of halogens is 2. The van der Waals surface area contributed by atoms with E-state index in [9.17, 15) is 9.90 Å². The molecule has 0 radical (unpaired) electrons. The molecule has 128 valence electrons. The summed E-state index contributed by atoms with van der Waals surface area (Å²) in [6, 6.07) is 3.47. The fourth-order valence-electron chi connectivity index (χ4n) is 3.03. The van der Waals surface area contributed by atoms with Crippen LogP contribution in [-0.4, -0.2) is 21.0 Å². The SMILES string of the molecule is O=c1c2c3c(sc2ncn1N=Cc1cc(Br)cc(Br)c1O)CCCC3. The molecule has 2 aromatic heterocycles. The summed E-state index contributed by atoms with van der Waals surface area (Å²) in [7, 11) is 0. The highest BCUT2D eigenvalue weighted by atomic mass is 79.9. The molecule has 0 fully saturated rings. The van der Waals surface area contributed by atoms with Gasteiger partial charge in [0.25, 0.3) is 5.56 Å². The molecule has 0 unspecified atom stereocenters. The molecule has 0 aliphatic heterocycles. The van der Waals surface area contributed by atoms with Crippen molar-refractivity contribution in [3.8, 4) is 5.75 Å². The summed E-state index contributed by atoms with van der Waals surface area (Å²) >= 11 is 8.27. The first-order valence-corrected chi connectivity index (χ1v) is 10.2. The van der Waals surface area contributed by atoms with Crippen molar-refractivity contribution in [2.24, 2.45) is 5.10 Å². The van der Waals surface area contributed by atoms with Gasteiger partial charge in [-0.25, -0.2) is 4.98 Å². The largest absolute Gasteiger partial charge is 0.506 e. The van der Waals surface area contributed by atoms with E-state index in [0.717, 1.165) is 34.1 Å². The highest BCUT2D eigenvalue weighted by molar-refractivity contribution is 9.11. The van der Waals surface area contributed by atoms with Gasteiger partial charge in [-0.05, 0) is 59.3 Å². The predicted octanol–water partition coefficient (Wildman–Crippen LogP) is 4.45. The zero-order chi connectivity index (χ0) is 17.6.